The van der Waals surface area contributed by atoms with Crippen molar-refractivity contribution in [2.75, 3.05) is 4.72 Å². The number of anilines is 1. The SMILES string of the molecule is O=[N+]([O-])c1ccc(S(=O)(=O)Nc2ccccc2-c2ccccc2)cc1. The third kappa shape index (κ3) is 3.67. The van der Waals surface area contributed by atoms with E-state index in [9.17, 15) is 18.5 Å². The molecule has 6 nitrogen and oxygen atoms in total. The van der Waals surface area contributed by atoms with Crippen LogP contribution < -0.4 is 4.72 Å². The molecule has 3 rings (SSSR count). The summed E-state index contributed by atoms with van der Waals surface area (Å²) in [5.41, 5.74) is 1.90. The molecule has 0 unspecified atom stereocenters. The second-order valence-electron chi connectivity index (χ2n) is 5.27. The summed E-state index contributed by atoms with van der Waals surface area (Å²) in [6.07, 6.45) is 0. The van der Waals surface area contributed by atoms with Gasteiger partial charge in [-0.25, -0.2) is 8.42 Å². The summed E-state index contributed by atoms with van der Waals surface area (Å²) in [6.45, 7) is 0. The summed E-state index contributed by atoms with van der Waals surface area (Å²) in [5.74, 6) is 0. The molecule has 0 saturated carbocycles. The minimum atomic E-state index is -3.86. The van der Waals surface area contributed by atoms with Crippen LogP contribution in [0.15, 0.2) is 83.8 Å². The van der Waals surface area contributed by atoms with Gasteiger partial charge in [0.15, 0.2) is 0 Å². The van der Waals surface area contributed by atoms with Gasteiger partial charge in [-0.1, -0.05) is 48.5 Å². The maximum atomic E-state index is 12.6. The first kappa shape index (κ1) is 16.7. The fourth-order valence-electron chi connectivity index (χ4n) is 2.39. The van der Waals surface area contributed by atoms with E-state index in [1.54, 1.807) is 12.1 Å². The lowest BCUT2D eigenvalue weighted by Crippen LogP contribution is -2.13. The van der Waals surface area contributed by atoms with Crippen LogP contribution in [0.2, 0.25) is 0 Å². The molecule has 3 aromatic rings. The van der Waals surface area contributed by atoms with E-state index >= 15 is 0 Å². The number of para-hydroxylation sites is 1. The summed E-state index contributed by atoms with van der Waals surface area (Å²) < 4.78 is 27.7. The largest absolute Gasteiger partial charge is 0.279 e. The van der Waals surface area contributed by atoms with E-state index in [-0.39, 0.29) is 10.6 Å². The van der Waals surface area contributed by atoms with Crippen molar-refractivity contribution in [3.63, 3.8) is 0 Å². The highest BCUT2D eigenvalue weighted by Gasteiger charge is 2.17. The minimum Gasteiger partial charge on any atom is -0.279 e. The van der Waals surface area contributed by atoms with Gasteiger partial charge >= 0.3 is 0 Å². The third-order valence-electron chi connectivity index (χ3n) is 3.61. The van der Waals surface area contributed by atoms with E-state index in [0.717, 1.165) is 23.3 Å². The number of nitrogens with zero attached hydrogens (tertiary/aromatic N) is 1. The van der Waals surface area contributed by atoms with Crippen molar-refractivity contribution >= 4 is 21.4 Å². The van der Waals surface area contributed by atoms with Gasteiger partial charge in [-0.3, -0.25) is 14.8 Å². The van der Waals surface area contributed by atoms with Crippen LogP contribution in [0.3, 0.4) is 0 Å². The molecular formula is C18H14N2O4S. The molecule has 0 saturated heterocycles. The van der Waals surface area contributed by atoms with Crippen LogP contribution in [-0.2, 0) is 10.0 Å². The highest BCUT2D eigenvalue weighted by Crippen LogP contribution is 2.29. The van der Waals surface area contributed by atoms with Crippen LogP contribution in [0.5, 0.6) is 0 Å². The Labute approximate surface area is 145 Å². The summed E-state index contributed by atoms with van der Waals surface area (Å²) in [5, 5.41) is 10.7. The lowest BCUT2D eigenvalue weighted by molar-refractivity contribution is -0.384. The van der Waals surface area contributed by atoms with Crippen LogP contribution in [0.1, 0.15) is 0 Å². The van der Waals surface area contributed by atoms with Crippen molar-refractivity contribution in [1.29, 1.82) is 0 Å². The Morgan fingerprint density at radius 2 is 1.40 bits per heavy atom. The maximum Gasteiger partial charge on any atom is 0.269 e. The molecule has 0 amide bonds. The monoisotopic (exact) mass is 354 g/mol. The van der Waals surface area contributed by atoms with Gasteiger partial charge in [-0.2, -0.15) is 0 Å². The third-order valence-corrected chi connectivity index (χ3v) is 5.00. The fraction of sp³-hybridized carbons (Fsp3) is 0. The van der Waals surface area contributed by atoms with Crippen LogP contribution in [0.25, 0.3) is 11.1 Å². The summed E-state index contributed by atoms with van der Waals surface area (Å²) in [7, 11) is -3.86. The van der Waals surface area contributed by atoms with Gasteiger partial charge in [-0.05, 0) is 23.8 Å². The lowest BCUT2D eigenvalue weighted by atomic mass is 10.0. The molecule has 0 atom stereocenters. The van der Waals surface area contributed by atoms with E-state index in [4.69, 9.17) is 0 Å². The van der Waals surface area contributed by atoms with Crippen LogP contribution >= 0.6 is 0 Å². The number of nitrogens with one attached hydrogen (secondary N) is 1. The Morgan fingerprint density at radius 1 is 0.800 bits per heavy atom. The first-order valence-corrected chi connectivity index (χ1v) is 8.87. The summed E-state index contributed by atoms with van der Waals surface area (Å²) >= 11 is 0. The molecule has 7 heteroatoms. The molecule has 0 aromatic heterocycles. The predicted octanol–water partition coefficient (Wildman–Crippen LogP) is 4.06. The standard InChI is InChI=1S/C18H14N2O4S/c21-20(22)15-10-12-16(13-11-15)25(23,24)19-18-9-5-4-8-17(18)14-6-2-1-3-7-14/h1-13,19H. The molecular weight excluding hydrogens is 340 g/mol. The first-order valence-electron chi connectivity index (χ1n) is 7.39. The molecule has 0 aliphatic heterocycles. The molecule has 25 heavy (non-hydrogen) atoms. The highest BCUT2D eigenvalue weighted by atomic mass is 32.2. The zero-order valence-electron chi connectivity index (χ0n) is 13.0. The number of sulfonamides is 1. The van der Waals surface area contributed by atoms with Crippen molar-refractivity contribution in [3.8, 4) is 11.1 Å². The predicted molar refractivity (Wildman–Crippen MR) is 95.8 cm³/mol. The molecule has 0 spiro atoms. The second-order valence-corrected chi connectivity index (χ2v) is 6.95. The number of rotatable bonds is 5. The Bertz CT molecular complexity index is 1000. The van der Waals surface area contributed by atoms with E-state index in [1.165, 1.54) is 12.1 Å². The average Bonchev–Trinajstić information content (AvgIpc) is 2.63. The van der Waals surface area contributed by atoms with Crippen molar-refractivity contribution in [3.05, 3.63) is 89.0 Å². The summed E-state index contributed by atoms with van der Waals surface area (Å²) in [4.78, 5) is 10.1. The topological polar surface area (TPSA) is 89.3 Å². The molecule has 0 radical (unpaired) electrons. The van der Waals surface area contributed by atoms with Crippen molar-refractivity contribution in [1.82, 2.24) is 0 Å². The zero-order valence-corrected chi connectivity index (χ0v) is 13.8. The molecule has 0 heterocycles. The number of non-ortho nitro benzene ring substituents is 1. The van der Waals surface area contributed by atoms with Crippen molar-refractivity contribution in [2.24, 2.45) is 0 Å². The number of hydrogen-bond donors (Lipinski definition) is 1. The number of nitro groups is 1. The Balaban J connectivity index is 1.95. The maximum absolute atomic E-state index is 12.6. The van der Waals surface area contributed by atoms with E-state index in [1.807, 2.05) is 42.5 Å². The molecule has 0 aliphatic rings. The van der Waals surface area contributed by atoms with Crippen molar-refractivity contribution < 1.29 is 13.3 Å². The van der Waals surface area contributed by atoms with Crippen LogP contribution in [0.4, 0.5) is 11.4 Å². The van der Waals surface area contributed by atoms with Gasteiger partial charge in [-0.15, -0.1) is 0 Å². The van der Waals surface area contributed by atoms with Gasteiger partial charge in [0, 0.05) is 17.7 Å². The van der Waals surface area contributed by atoms with Crippen LogP contribution in [0, 0.1) is 10.1 Å². The van der Waals surface area contributed by atoms with Crippen LogP contribution in [-0.4, -0.2) is 13.3 Å². The average molecular weight is 354 g/mol. The van der Waals surface area contributed by atoms with Gasteiger partial charge in [0.25, 0.3) is 15.7 Å². The minimum absolute atomic E-state index is 0.0408. The molecule has 0 fully saturated rings. The number of hydrogen-bond acceptors (Lipinski definition) is 4. The van der Waals surface area contributed by atoms with Gasteiger partial charge in [0.05, 0.1) is 15.5 Å². The Hall–Kier alpha value is -3.19. The van der Waals surface area contributed by atoms with E-state index < -0.39 is 14.9 Å². The van der Waals surface area contributed by atoms with E-state index in [0.29, 0.717) is 5.69 Å². The molecule has 0 bridgehead atoms. The molecule has 1 N–H and O–H groups in total. The highest BCUT2D eigenvalue weighted by molar-refractivity contribution is 7.92. The number of nitro benzene ring substituents is 1. The van der Waals surface area contributed by atoms with Gasteiger partial charge < -0.3 is 0 Å². The quantitative estimate of drug-likeness (QED) is 0.552. The zero-order chi connectivity index (χ0) is 17.9. The second kappa shape index (κ2) is 6.74. The Morgan fingerprint density at radius 3 is 2.04 bits per heavy atom. The first-order chi connectivity index (χ1) is 12.0. The molecule has 126 valence electrons. The lowest BCUT2D eigenvalue weighted by Gasteiger charge is -2.12. The number of benzene rings is 3. The van der Waals surface area contributed by atoms with E-state index in [2.05, 4.69) is 4.72 Å². The molecule has 3 aromatic carbocycles. The van der Waals surface area contributed by atoms with Gasteiger partial charge in [0.1, 0.15) is 0 Å². The smallest absolute Gasteiger partial charge is 0.269 e. The fourth-order valence-corrected chi connectivity index (χ4v) is 3.47. The molecule has 0 aliphatic carbocycles. The van der Waals surface area contributed by atoms with Crippen molar-refractivity contribution in [2.45, 2.75) is 4.90 Å². The normalized spacial score (nSPS) is 11.0. The summed E-state index contributed by atoms with van der Waals surface area (Å²) in [6, 6.07) is 21.2. The Kier molecular flexibility index (Phi) is 4.49. The van der Waals surface area contributed by atoms with Gasteiger partial charge in [0.2, 0.25) is 0 Å².